The van der Waals surface area contributed by atoms with E-state index in [1.165, 1.54) is 21.3 Å². The highest BCUT2D eigenvalue weighted by atomic mass is 32.1. The smallest absolute Gasteiger partial charge is 0.266 e. The lowest BCUT2D eigenvalue weighted by Crippen LogP contribution is -2.28. The molecule has 0 spiro atoms. The third-order valence-corrected chi connectivity index (χ3v) is 7.15. The molecule has 2 aromatic rings. The van der Waals surface area contributed by atoms with Gasteiger partial charge in [-0.2, -0.15) is 0 Å². The molecule has 0 saturated carbocycles. The van der Waals surface area contributed by atoms with Crippen LogP contribution in [0.15, 0.2) is 15.3 Å². The summed E-state index contributed by atoms with van der Waals surface area (Å²) in [6, 6.07) is 0. The van der Waals surface area contributed by atoms with Crippen LogP contribution in [0.25, 0.3) is 12.2 Å². The maximum atomic E-state index is 13.2. The highest BCUT2D eigenvalue weighted by Crippen LogP contribution is 2.20. The standard InChI is InChI=1S/C27H40N4O4S2/c1-5-9-16-28-22(32)20(23(33)29(26(28)36)17-10-6-2)14-13-15-21-24(34)30(18-11-7-3)27(37)31(25(21)35)19-12-8-4/h14-15,32,34H,5-12,16-19H2,1-4H3. The lowest BCUT2D eigenvalue weighted by Gasteiger charge is -2.16. The zero-order valence-electron chi connectivity index (χ0n) is 22.5. The van der Waals surface area contributed by atoms with Gasteiger partial charge in [0.15, 0.2) is 9.54 Å². The van der Waals surface area contributed by atoms with Crippen molar-refractivity contribution in [2.24, 2.45) is 0 Å². The molecule has 10 heteroatoms. The Morgan fingerprint density at radius 1 is 0.622 bits per heavy atom. The van der Waals surface area contributed by atoms with Gasteiger partial charge in [0.05, 0.1) is 0 Å². The van der Waals surface area contributed by atoms with Gasteiger partial charge in [0, 0.05) is 26.2 Å². The van der Waals surface area contributed by atoms with Crippen molar-refractivity contribution in [2.45, 2.75) is 105 Å². The topological polar surface area (TPSA) is 94.3 Å². The Morgan fingerprint density at radius 3 is 1.22 bits per heavy atom. The average molecular weight is 549 g/mol. The lowest BCUT2D eigenvalue weighted by atomic mass is 10.2. The van der Waals surface area contributed by atoms with Crippen LogP contribution in [0.1, 0.15) is 90.2 Å². The van der Waals surface area contributed by atoms with Crippen LogP contribution in [0.4, 0.5) is 0 Å². The molecule has 0 aliphatic rings. The van der Waals surface area contributed by atoms with Gasteiger partial charge < -0.3 is 10.2 Å². The van der Waals surface area contributed by atoms with Gasteiger partial charge in [-0.15, -0.1) is 5.73 Å². The summed E-state index contributed by atoms with van der Waals surface area (Å²) in [5, 5.41) is 21.8. The summed E-state index contributed by atoms with van der Waals surface area (Å²) in [5.41, 5.74) is 2.13. The second-order valence-corrected chi connectivity index (χ2v) is 9.86. The first-order valence-corrected chi connectivity index (χ1v) is 14.1. The molecule has 0 bridgehead atoms. The number of nitrogens with zero attached hydrogens (tertiary/aromatic N) is 4. The van der Waals surface area contributed by atoms with Gasteiger partial charge in [-0.25, -0.2) is 0 Å². The van der Waals surface area contributed by atoms with Crippen LogP contribution in [0.2, 0.25) is 0 Å². The summed E-state index contributed by atoms with van der Waals surface area (Å²) in [5.74, 6) is -0.443. The summed E-state index contributed by atoms with van der Waals surface area (Å²) >= 11 is 11.0. The first-order valence-electron chi connectivity index (χ1n) is 13.3. The van der Waals surface area contributed by atoms with E-state index in [-0.39, 0.29) is 22.9 Å². The van der Waals surface area contributed by atoms with Crippen molar-refractivity contribution in [2.75, 3.05) is 0 Å². The lowest BCUT2D eigenvalue weighted by molar-refractivity contribution is 0.386. The van der Waals surface area contributed by atoms with Crippen LogP contribution < -0.4 is 11.1 Å². The third kappa shape index (κ3) is 7.21. The van der Waals surface area contributed by atoms with E-state index in [1.54, 1.807) is 9.13 Å². The number of hydrogen-bond acceptors (Lipinski definition) is 6. The van der Waals surface area contributed by atoms with Gasteiger partial charge in [0.1, 0.15) is 11.1 Å². The van der Waals surface area contributed by atoms with Crippen LogP contribution in [0.5, 0.6) is 11.8 Å². The number of unbranched alkanes of at least 4 members (excludes halogenated alkanes) is 4. The largest absolute Gasteiger partial charge is 0.494 e. The van der Waals surface area contributed by atoms with Crippen LogP contribution in [-0.4, -0.2) is 28.5 Å². The predicted molar refractivity (Wildman–Crippen MR) is 154 cm³/mol. The maximum absolute atomic E-state index is 13.2. The Labute approximate surface area is 228 Å². The Morgan fingerprint density at radius 2 is 0.919 bits per heavy atom. The average Bonchev–Trinajstić information content (AvgIpc) is 2.87. The fourth-order valence-electron chi connectivity index (χ4n) is 3.94. The fraction of sp³-hybridized carbons (Fsp3) is 0.593. The fourth-order valence-corrected chi connectivity index (χ4v) is 4.65. The van der Waals surface area contributed by atoms with Gasteiger partial charge in [0.25, 0.3) is 11.1 Å². The van der Waals surface area contributed by atoms with E-state index in [0.717, 1.165) is 51.4 Å². The molecule has 2 N–H and O–H groups in total. The minimum atomic E-state index is -0.409. The van der Waals surface area contributed by atoms with Crippen molar-refractivity contribution in [3.8, 4) is 11.8 Å². The predicted octanol–water partition coefficient (Wildman–Crippen LogP) is 6.01. The SMILES string of the molecule is CCCCn1c(O)c(C=C=Cc2c(O)n(CCCC)c(=S)n(CCCC)c2=O)c(=O)n(CCCC)c1=S. The van der Waals surface area contributed by atoms with E-state index >= 15 is 0 Å². The molecule has 0 amide bonds. The monoisotopic (exact) mass is 548 g/mol. The molecule has 0 saturated heterocycles. The van der Waals surface area contributed by atoms with E-state index in [2.05, 4.69) is 5.73 Å². The molecule has 0 aliphatic heterocycles. The van der Waals surface area contributed by atoms with E-state index in [9.17, 15) is 19.8 Å². The second kappa shape index (κ2) is 14.9. The van der Waals surface area contributed by atoms with Crippen LogP contribution in [0, 0.1) is 9.54 Å². The van der Waals surface area contributed by atoms with Gasteiger partial charge in [-0.1, -0.05) is 53.4 Å². The molecule has 0 fully saturated rings. The normalized spacial score (nSPS) is 10.9. The van der Waals surface area contributed by atoms with Gasteiger partial charge in [-0.3, -0.25) is 27.9 Å². The summed E-state index contributed by atoms with van der Waals surface area (Å²) < 4.78 is 6.73. The first-order chi connectivity index (χ1) is 17.7. The highest BCUT2D eigenvalue weighted by molar-refractivity contribution is 7.71. The van der Waals surface area contributed by atoms with Crippen molar-refractivity contribution >= 4 is 36.6 Å². The molecule has 0 aliphatic carbocycles. The van der Waals surface area contributed by atoms with Crippen LogP contribution in [0.3, 0.4) is 0 Å². The van der Waals surface area contributed by atoms with Gasteiger partial charge >= 0.3 is 0 Å². The molecular formula is C27H40N4O4S2. The highest BCUT2D eigenvalue weighted by Gasteiger charge is 2.16. The summed E-state index contributed by atoms with van der Waals surface area (Å²) in [6.45, 7) is 10.0. The van der Waals surface area contributed by atoms with E-state index < -0.39 is 11.1 Å². The quantitative estimate of drug-likeness (QED) is 0.222. The van der Waals surface area contributed by atoms with Crippen molar-refractivity contribution < 1.29 is 10.2 Å². The minimum absolute atomic E-state index is 0.0432. The van der Waals surface area contributed by atoms with Crippen molar-refractivity contribution in [1.82, 2.24) is 18.3 Å². The maximum Gasteiger partial charge on any atom is 0.266 e. The number of hydrogen-bond donors (Lipinski definition) is 2. The van der Waals surface area contributed by atoms with Crippen molar-refractivity contribution in [3.63, 3.8) is 0 Å². The molecule has 0 atom stereocenters. The summed E-state index contributed by atoms with van der Waals surface area (Å²) in [6.07, 6.45) is 9.43. The van der Waals surface area contributed by atoms with E-state index in [1.807, 2.05) is 27.7 Å². The molecular weight excluding hydrogens is 508 g/mol. The molecule has 8 nitrogen and oxygen atoms in total. The Kier molecular flexibility index (Phi) is 12.3. The zero-order valence-corrected chi connectivity index (χ0v) is 24.1. The molecule has 0 unspecified atom stereocenters. The molecule has 2 rings (SSSR count). The Hall–Kier alpha value is -2.68. The molecule has 204 valence electrons. The number of aromatic nitrogens is 4. The number of rotatable bonds is 14. The van der Waals surface area contributed by atoms with E-state index in [4.69, 9.17) is 24.4 Å². The molecule has 2 heterocycles. The van der Waals surface area contributed by atoms with E-state index in [0.29, 0.717) is 35.7 Å². The molecule has 37 heavy (non-hydrogen) atoms. The van der Waals surface area contributed by atoms with Crippen LogP contribution in [-0.2, 0) is 26.2 Å². The minimum Gasteiger partial charge on any atom is -0.494 e. The third-order valence-electron chi connectivity index (χ3n) is 6.26. The second-order valence-electron chi connectivity index (χ2n) is 9.13. The number of aromatic hydroxyl groups is 2. The van der Waals surface area contributed by atoms with Gasteiger partial charge in [0.2, 0.25) is 11.8 Å². The Bertz CT molecular complexity index is 1270. The van der Waals surface area contributed by atoms with Crippen molar-refractivity contribution in [3.05, 3.63) is 47.1 Å². The van der Waals surface area contributed by atoms with Gasteiger partial charge in [-0.05, 0) is 62.3 Å². The molecule has 0 radical (unpaired) electrons. The Balaban J connectivity index is 2.73. The van der Waals surface area contributed by atoms with Crippen molar-refractivity contribution in [1.29, 1.82) is 0 Å². The van der Waals surface area contributed by atoms with Crippen LogP contribution >= 0.6 is 24.4 Å². The zero-order chi connectivity index (χ0) is 27.5. The molecule has 0 aromatic carbocycles. The first kappa shape index (κ1) is 30.5. The molecule has 2 aromatic heterocycles. The summed E-state index contributed by atoms with van der Waals surface area (Å²) in [7, 11) is 0. The summed E-state index contributed by atoms with van der Waals surface area (Å²) in [4.78, 5) is 26.4.